The van der Waals surface area contributed by atoms with Crippen molar-refractivity contribution in [1.82, 2.24) is 20.0 Å². The first-order valence-corrected chi connectivity index (χ1v) is 13.4. The molecule has 192 valence electrons. The number of hydrogen-bond donors (Lipinski definition) is 0. The average molecular weight is 492 g/mol. The molecule has 2 amide bonds. The Kier molecular flexibility index (Phi) is 7.80. The predicted molar refractivity (Wildman–Crippen MR) is 139 cm³/mol. The van der Waals surface area contributed by atoms with Gasteiger partial charge in [0.2, 0.25) is 11.8 Å². The van der Waals surface area contributed by atoms with Gasteiger partial charge in [0.25, 0.3) is 0 Å². The van der Waals surface area contributed by atoms with Crippen LogP contribution < -0.4 is 4.90 Å². The van der Waals surface area contributed by atoms with Crippen molar-refractivity contribution in [3.63, 3.8) is 0 Å². The fourth-order valence-corrected chi connectivity index (χ4v) is 5.21. The minimum atomic E-state index is 0.0309. The van der Waals surface area contributed by atoms with Crippen LogP contribution in [-0.2, 0) is 14.3 Å². The van der Waals surface area contributed by atoms with Gasteiger partial charge in [-0.15, -0.1) is 10.2 Å². The van der Waals surface area contributed by atoms with Crippen LogP contribution in [0.4, 0.5) is 5.82 Å². The minimum Gasteiger partial charge on any atom is -0.376 e. The van der Waals surface area contributed by atoms with E-state index in [1.807, 2.05) is 17.0 Å². The van der Waals surface area contributed by atoms with Gasteiger partial charge in [0.1, 0.15) is 0 Å². The van der Waals surface area contributed by atoms with Crippen LogP contribution in [0.25, 0.3) is 11.3 Å². The van der Waals surface area contributed by atoms with Gasteiger partial charge in [0, 0.05) is 50.8 Å². The summed E-state index contributed by atoms with van der Waals surface area (Å²) in [5.41, 5.74) is 3.12. The van der Waals surface area contributed by atoms with Gasteiger partial charge in [-0.1, -0.05) is 36.2 Å². The molecule has 0 spiro atoms. The van der Waals surface area contributed by atoms with Gasteiger partial charge in [0.15, 0.2) is 5.82 Å². The number of aromatic nitrogens is 2. The van der Waals surface area contributed by atoms with Crippen molar-refractivity contribution in [1.29, 1.82) is 0 Å². The molecule has 1 unspecified atom stereocenters. The maximum atomic E-state index is 13.3. The zero-order valence-electron chi connectivity index (χ0n) is 21.3. The Morgan fingerprint density at radius 2 is 1.78 bits per heavy atom. The van der Waals surface area contributed by atoms with Crippen LogP contribution in [-0.4, -0.2) is 83.8 Å². The quantitative estimate of drug-likeness (QED) is 0.591. The second-order valence-corrected chi connectivity index (χ2v) is 10.3. The minimum absolute atomic E-state index is 0.0309. The number of nitrogens with zero attached hydrogens (tertiary/aromatic N) is 5. The average Bonchev–Trinajstić information content (AvgIpc) is 3.24. The molecule has 3 fully saturated rings. The number of amides is 2. The van der Waals surface area contributed by atoms with E-state index in [1.165, 1.54) is 5.56 Å². The molecule has 3 heterocycles. The SMILES string of the molecule is Cc1ccc(-c2ccc(N3CCCN(C(=O)CN(CC4CCCO4)C(=O)C4CCC4)CC3)nn2)cc1. The summed E-state index contributed by atoms with van der Waals surface area (Å²) in [6.45, 7) is 6.33. The Labute approximate surface area is 213 Å². The van der Waals surface area contributed by atoms with E-state index in [1.54, 1.807) is 4.90 Å². The summed E-state index contributed by atoms with van der Waals surface area (Å²) in [7, 11) is 0. The maximum absolute atomic E-state index is 13.3. The molecular formula is C28H37N5O3. The summed E-state index contributed by atoms with van der Waals surface area (Å²) in [6.07, 6.45) is 5.90. The molecule has 8 nitrogen and oxygen atoms in total. The Bertz CT molecular complexity index is 1030. The third-order valence-corrected chi connectivity index (χ3v) is 7.71. The number of carbonyl (C=O) groups is 2. The summed E-state index contributed by atoms with van der Waals surface area (Å²) in [5, 5.41) is 8.93. The van der Waals surface area contributed by atoms with Crippen LogP contribution in [0.3, 0.4) is 0 Å². The van der Waals surface area contributed by atoms with Gasteiger partial charge in [-0.25, -0.2) is 0 Å². The second kappa shape index (κ2) is 11.4. The lowest BCUT2D eigenvalue weighted by atomic mass is 9.84. The van der Waals surface area contributed by atoms with Crippen molar-refractivity contribution < 1.29 is 14.3 Å². The first-order chi connectivity index (χ1) is 17.6. The lowest BCUT2D eigenvalue weighted by Crippen LogP contribution is -2.49. The summed E-state index contributed by atoms with van der Waals surface area (Å²) < 4.78 is 5.78. The number of hydrogen-bond acceptors (Lipinski definition) is 6. The largest absolute Gasteiger partial charge is 0.376 e. The van der Waals surface area contributed by atoms with E-state index in [4.69, 9.17) is 4.74 Å². The van der Waals surface area contributed by atoms with Crippen molar-refractivity contribution in [2.24, 2.45) is 5.92 Å². The first-order valence-electron chi connectivity index (χ1n) is 13.4. The van der Waals surface area contributed by atoms with Crippen molar-refractivity contribution >= 4 is 17.6 Å². The number of anilines is 1. The normalized spacial score (nSPS) is 20.6. The van der Waals surface area contributed by atoms with E-state index < -0.39 is 0 Å². The number of carbonyl (C=O) groups excluding carboxylic acids is 2. The van der Waals surface area contributed by atoms with Crippen LogP contribution >= 0.6 is 0 Å². The zero-order valence-corrected chi connectivity index (χ0v) is 21.3. The van der Waals surface area contributed by atoms with Gasteiger partial charge >= 0.3 is 0 Å². The van der Waals surface area contributed by atoms with E-state index >= 15 is 0 Å². The van der Waals surface area contributed by atoms with Gasteiger partial charge in [-0.2, -0.15) is 0 Å². The van der Waals surface area contributed by atoms with Crippen molar-refractivity contribution in [3.05, 3.63) is 42.0 Å². The molecule has 1 aromatic heterocycles. The second-order valence-electron chi connectivity index (χ2n) is 10.3. The Balaban J connectivity index is 1.18. The van der Waals surface area contributed by atoms with Gasteiger partial charge in [-0.05, 0) is 51.2 Å². The molecule has 1 aliphatic carbocycles. The van der Waals surface area contributed by atoms with Crippen LogP contribution in [0.2, 0.25) is 0 Å². The fourth-order valence-electron chi connectivity index (χ4n) is 5.21. The van der Waals surface area contributed by atoms with Crippen molar-refractivity contribution in [2.75, 3.05) is 50.8 Å². The van der Waals surface area contributed by atoms with Gasteiger partial charge in [-0.3, -0.25) is 9.59 Å². The Morgan fingerprint density at radius 1 is 0.944 bits per heavy atom. The molecule has 3 aliphatic rings. The Hall–Kier alpha value is -3.00. The van der Waals surface area contributed by atoms with Crippen LogP contribution in [0.5, 0.6) is 0 Å². The van der Waals surface area contributed by atoms with Crippen LogP contribution in [0, 0.1) is 12.8 Å². The molecule has 36 heavy (non-hydrogen) atoms. The molecule has 1 atom stereocenters. The highest BCUT2D eigenvalue weighted by Gasteiger charge is 2.33. The van der Waals surface area contributed by atoms with E-state index in [0.29, 0.717) is 26.2 Å². The highest BCUT2D eigenvalue weighted by Crippen LogP contribution is 2.29. The van der Waals surface area contributed by atoms with Gasteiger partial charge < -0.3 is 19.4 Å². The lowest BCUT2D eigenvalue weighted by molar-refractivity contribution is -0.146. The van der Waals surface area contributed by atoms with Crippen LogP contribution in [0.1, 0.15) is 44.1 Å². The molecule has 2 aliphatic heterocycles. The molecular weight excluding hydrogens is 454 g/mol. The molecule has 0 N–H and O–H groups in total. The topological polar surface area (TPSA) is 78.9 Å². The van der Waals surface area contributed by atoms with E-state index in [9.17, 15) is 9.59 Å². The van der Waals surface area contributed by atoms with Gasteiger partial charge in [0.05, 0.1) is 18.3 Å². The number of benzene rings is 1. The highest BCUT2D eigenvalue weighted by atomic mass is 16.5. The highest BCUT2D eigenvalue weighted by molar-refractivity contribution is 5.86. The molecule has 2 saturated heterocycles. The number of rotatable bonds is 7. The molecule has 1 aromatic carbocycles. The summed E-state index contributed by atoms with van der Waals surface area (Å²) in [5.74, 6) is 1.08. The fraction of sp³-hybridized carbons (Fsp3) is 0.571. The molecule has 5 rings (SSSR count). The maximum Gasteiger partial charge on any atom is 0.242 e. The third kappa shape index (κ3) is 5.86. The zero-order chi connectivity index (χ0) is 24.9. The Morgan fingerprint density at radius 3 is 2.44 bits per heavy atom. The third-order valence-electron chi connectivity index (χ3n) is 7.71. The summed E-state index contributed by atoms with van der Waals surface area (Å²) >= 11 is 0. The molecule has 0 bridgehead atoms. The lowest BCUT2D eigenvalue weighted by Gasteiger charge is -2.34. The van der Waals surface area contributed by atoms with Crippen molar-refractivity contribution in [3.8, 4) is 11.3 Å². The van der Waals surface area contributed by atoms with E-state index in [2.05, 4.69) is 46.3 Å². The molecule has 2 aromatic rings. The molecule has 8 heteroatoms. The summed E-state index contributed by atoms with van der Waals surface area (Å²) in [4.78, 5) is 32.2. The predicted octanol–water partition coefficient (Wildman–Crippen LogP) is 3.30. The van der Waals surface area contributed by atoms with Crippen LogP contribution in [0.15, 0.2) is 36.4 Å². The van der Waals surface area contributed by atoms with E-state index in [-0.39, 0.29) is 30.4 Å². The smallest absolute Gasteiger partial charge is 0.242 e. The summed E-state index contributed by atoms with van der Waals surface area (Å²) in [6, 6.07) is 12.3. The number of ether oxygens (including phenoxy) is 1. The first kappa shape index (κ1) is 24.7. The molecule has 0 radical (unpaired) electrons. The number of aryl methyl sites for hydroxylation is 1. The van der Waals surface area contributed by atoms with Crippen molar-refractivity contribution in [2.45, 2.75) is 51.6 Å². The van der Waals surface area contributed by atoms with E-state index in [0.717, 1.165) is 68.8 Å². The molecule has 1 saturated carbocycles. The monoisotopic (exact) mass is 491 g/mol. The standard InChI is InChI=1S/C28H37N5O3/c1-21-8-10-22(11-9-21)25-12-13-26(30-29-25)31-14-4-15-32(17-16-31)27(34)20-33(19-24-7-3-18-36-24)28(35)23-5-2-6-23/h8-13,23-24H,2-7,14-20H2,1H3.